The van der Waals surface area contributed by atoms with Gasteiger partial charge in [0, 0.05) is 31.3 Å². The van der Waals surface area contributed by atoms with Crippen LogP contribution in [-0.4, -0.2) is 23.3 Å². The van der Waals surface area contributed by atoms with E-state index in [1.807, 2.05) is 42.5 Å². The number of aryl methyl sites for hydroxylation is 1. The third kappa shape index (κ3) is 2.98. The first-order valence-electron chi connectivity index (χ1n) is 8.13. The van der Waals surface area contributed by atoms with Crippen LogP contribution in [0.5, 0.6) is 0 Å². The summed E-state index contributed by atoms with van der Waals surface area (Å²) in [7, 11) is 0. The SMILES string of the molecule is Cc1nc2cc(N3CC(C(=O)Nc4ccccc4)CC3=O)ccc2o1. The Hall–Kier alpha value is -3.15. The molecule has 1 N–H and O–H groups in total. The van der Waals surface area contributed by atoms with E-state index in [9.17, 15) is 9.59 Å². The molecule has 2 aromatic carbocycles. The molecule has 1 aliphatic heterocycles. The second-order valence-electron chi connectivity index (χ2n) is 6.15. The van der Waals surface area contributed by atoms with E-state index in [0.717, 1.165) is 11.4 Å². The number of amides is 2. The summed E-state index contributed by atoms with van der Waals surface area (Å²) in [5.41, 5.74) is 2.87. The first-order valence-corrected chi connectivity index (χ1v) is 8.13. The molecule has 25 heavy (non-hydrogen) atoms. The van der Waals surface area contributed by atoms with Crippen molar-refractivity contribution in [2.24, 2.45) is 5.92 Å². The molecule has 126 valence electrons. The van der Waals surface area contributed by atoms with Crippen LogP contribution in [0.1, 0.15) is 12.3 Å². The van der Waals surface area contributed by atoms with E-state index >= 15 is 0 Å². The molecule has 6 nitrogen and oxygen atoms in total. The quantitative estimate of drug-likeness (QED) is 0.798. The number of oxazole rings is 1. The molecule has 2 heterocycles. The zero-order chi connectivity index (χ0) is 17.4. The number of hydrogen-bond donors (Lipinski definition) is 1. The summed E-state index contributed by atoms with van der Waals surface area (Å²) in [6, 6.07) is 14.7. The van der Waals surface area contributed by atoms with E-state index < -0.39 is 0 Å². The molecule has 2 amide bonds. The molecule has 1 aromatic heterocycles. The van der Waals surface area contributed by atoms with Gasteiger partial charge < -0.3 is 14.6 Å². The number of hydrogen-bond acceptors (Lipinski definition) is 4. The average molecular weight is 335 g/mol. The Morgan fingerprint density at radius 3 is 2.84 bits per heavy atom. The molecule has 1 saturated heterocycles. The molecule has 1 unspecified atom stereocenters. The number of carbonyl (C=O) groups is 2. The minimum Gasteiger partial charge on any atom is -0.441 e. The first-order chi connectivity index (χ1) is 12.1. The van der Waals surface area contributed by atoms with E-state index in [4.69, 9.17) is 4.42 Å². The molecule has 1 atom stereocenters. The van der Waals surface area contributed by atoms with Gasteiger partial charge in [0.15, 0.2) is 11.5 Å². The number of carbonyl (C=O) groups excluding carboxylic acids is 2. The predicted octanol–water partition coefficient (Wildman–Crippen LogP) is 3.13. The summed E-state index contributed by atoms with van der Waals surface area (Å²) in [6.45, 7) is 2.14. The van der Waals surface area contributed by atoms with Crippen LogP contribution < -0.4 is 10.2 Å². The molecule has 6 heteroatoms. The highest BCUT2D eigenvalue weighted by Gasteiger charge is 2.35. The smallest absolute Gasteiger partial charge is 0.229 e. The van der Waals surface area contributed by atoms with Gasteiger partial charge >= 0.3 is 0 Å². The number of nitrogens with one attached hydrogen (secondary N) is 1. The summed E-state index contributed by atoms with van der Waals surface area (Å²) >= 11 is 0. The highest BCUT2D eigenvalue weighted by atomic mass is 16.3. The zero-order valence-electron chi connectivity index (χ0n) is 13.7. The van der Waals surface area contributed by atoms with E-state index in [1.165, 1.54) is 0 Å². The van der Waals surface area contributed by atoms with E-state index in [-0.39, 0.29) is 24.2 Å². The van der Waals surface area contributed by atoms with Crippen molar-refractivity contribution < 1.29 is 14.0 Å². The Labute approximate surface area is 144 Å². The number of para-hydroxylation sites is 1. The van der Waals surface area contributed by atoms with Gasteiger partial charge in [-0.15, -0.1) is 0 Å². The van der Waals surface area contributed by atoms with Crippen molar-refractivity contribution in [3.8, 4) is 0 Å². The molecule has 4 rings (SSSR count). The highest BCUT2D eigenvalue weighted by Crippen LogP contribution is 2.29. The minimum atomic E-state index is -0.373. The fourth-order valence-corrected chi connectivity index (χ4v) is 3.10. The van der Waals surface area contributed by atoms with Gasteiger partial charge in [0.1, 0.15) is 5.52 Å². The van der Waals surface area contributed by atoms with Gasteiger partial charge in [-0.3, -0.25) is 9.59 Å². The Morgan fingerprint density at radius 2 is 2.04 bits per heavy atom. The fraction of sp³-hybridized carbons (Fsp3) is 0.211. The summed E-state index contributed by atoms with van der Waals surface area (Å²) in [6.07, 6.45) is 0.203. The predicted molar refractivity (Wildman–Crippen MR) is 94.3 cm³/mol. The summed E-state index contributed by atoms with van der Waals surface area (Å²) in [4.78, 5) is 30.8. The third-order valence-corrected chi connectivity index (χ3v) is 4.33. The molecule has 0 radical (unpaired) electrons. The second kappa shape index (κ2) is 6.05. The third-order valence-electron chi connectivity index (χ3n) is 4.33. The summed E-state index contributed by atoms with van der Waals surface area (Å²) in [5, 5.41) is 2.86. The van der Waals surface area contributed by atoms with Crippen molar-refractivity contribution in [3.63, 3.8) is 0 Å². The number of rotatable bonds is 3. The minimum absolute atomic E-state index is 0.0622. The number of nitrogens with zero attached hydrogens (tertiary/aromatic N) is 2. The monoisotopic (exact) mass is 335 g/mol. The lowest BCUT2D eigenvalue weighted by molar-refractivity contribution is -0.122. The normalized spacial score (nSPS) is 17.2. The Morgan fingerprint density at radius 1 is 1.24 bits per heavy atom. The van der Waals surface area contributed by atoms with Crippen molar-refractivity contribution in [1.29, 1.82) is 0 Å². The van der Waals surface area contributed by atoms with Gasteiger partial charge in [-0.2, -0.15) is 0 Å². The van der Waals surface area contributed by atoms with Crippen LogP contribution in [0.4, 0.5) is 11.4 Å². The summed E-state index contributed by atoms with van der Waals surface area (Å²) < 4.78 is 5.46. The number of aromatic nitrogens is 1. The number of fused-ring (bicyclic) bond motifs is 1. The molecular weight excluding hydrogens is 318 g/mol. The lowest BCUT2D eigenvalue weighted by atomic mass is 10.1. The maximum absolute atomic E-state index is 12.4. The van der Waals surface area contributed by atoms with Gasteiger partial charge in [-0.25, -0.2) is 4.98 Å². The lowest BCUT2D eigenvalue weighted by Crippen LogP contribution is -2.28. The highest BCUT2D eigenvalue weighted by molar-refractivity contribution is 6.04. The van der Waals surface area contributed by atoms with Crippen molar-refractivity contribution >= 4 is 34.3 Å². The molecular formula is C19H17N3O3. The van der Waals surface area contributed by atoms with Crippen LogP contribution in [0.25, 0.3) is 11.1 Å². The Balaban J connectivity index is 1.52. The van der Waals surface area contributed by atoms with Gasteiger partial charge in [-0.05, 0) is 30.3 Å². The van der Waals surface area contributed by atoms with E-state index in [1.54, 1.807) is 17.9 Å². The maximum Gasteiger partial charge on any atom is 0.229 e. The van der Waals surface area contributed by atoms with Crippen molar-refractivity contribution in [3.05, 3.63) is 54.4 Å². The largest absolute Gasteiger partial charge is 0.441 e. The number of anilines is 2. The lowest BCUT2D eigenvalue weighted by Gasteiger charge is -2.16. The van der Waals surface area contributed by atoms with Crippen LogP contribution in [0.15, 0.2) is 52.9 Å². The van der Waals surface area contributed by atoms with Crippen molar-refractivity contribution in [2.45, 2.75) is 13.3 Å². The molecule has 3 aromatic rings. The second-order valence-corrected chi connectivity index (χ2v) is 6.15. The Bertz CT molecular complexity index is 949. The van der Waals surface area contributed by atoms with Crippen molar-refractivity contribution in [2.75, 3.05) is 16.8 Å². The maximum atomic E-state index is 12.4. The average Bonchev–Trinajstić information content (AvgIpc) is 3.16. The van der Waals surface area contributed by atoms with Crippen LogP contribution in [0.3, 0.4) is 0 Å². The standard InChI is InChI=1S/C19H17N3O3/c1-12-20-16-10-15(7-8-17(16)25-12)22-11-13(9-18(22)23)19(24)21-14-5-3-2-4-6-14/h2-8,10,13H,9,11H2,1H3,(H,21,24). The molecule has 1 aliphatic rings. The van der Waals surface area contributed by atoms with Gasteiger partial charge in [0.05, 0.1) is 5.92 Å². The molecule has 0 aliphatic carbocycles. The number of benzene rings is 2. The molecule has 1 fully saturated rings. The Kier molecular flexibility index (Phi) is 3.72. The zero-order valence-corrected chi connectivity index (χ0v) is 13.7. The van der Waals surface area contributed by atoms with Crippen LogP contribution in [0, 0.1) is 12.8 Å². The summed E-state index contributed by atoms with van der Waals surface area (Å²) in [5.74, 6) is 0.00986. The van der Waals surface area contributed by atoms with E-state index in [2.05, 4.69) is 10.3 Å². The van der Waals surface area contributed by atoms with Crippen LogP contribution >= 0.6 is 0 Å². The molecule has 0 spiro atoms. The van der Waals surface area contributed by atoms with E-state index in [0.29, 0.717) is 23.5 Å². The fourth-order valence-electron chi connectivity index (χ4n) is 3.10. The first kappa shape index (κ1) is 15.4. The topological polar surface area (TPSA) is 75.4 Å². The molecule has 0 bridgehead atoms. The molecule has 0 saturated carbocycles. The van der Waals surface area contributed by atoms with Gasteiger partial charge in [-0.1, -0.05) is 18.2 Å². The van der Waals surface area contributed by atoms with Gasteiger partial charge in [0.2, 0.25) is 11.8 Å². The van der Waals surface area contributed by atoms with Crippen LogP contribution in [0.2, 0.25) is 0 Å². The van der Waals surface area contributed by atoms with Crippen molar-refractivity contribution in [1.82, 2.24) is 4.98 Å². The van der Waals surface area contributed by atoms with Crippen LogP contribution in [-0.2, 0) is 9.59 Å². The van der Waals surface area contributed by atoms with Gasteiger partial charge in [0.25, 0.3) is 0 Å².